The summed E-state index contributed by atoms with van der Waals surface area (Å²) in [5.74, 6) is -2.42. The fraction of sp³-hybridized carbons (Fsp3) is 0.286. The highest BCUT2D eigenvalue weighted by atomic mass is 32.2. The van der Waals surface area contributed by atoms with Crippen LogP contribution in [0.2, 0.25) is 0 Å². The predicted molar refractivity (Wildman–Crippen MR) is 142 cm³/mol. The van der Waals surface area contributed by atoms with Gasteiger partial charge in [-0.25, -0.2) is 17.2 Å². The minimum Gasteiger partial charge on any atom is -0.352 e. The van der Waals surface area contributed by atoms with Crippen LogP contribution in [0.15, 0.2) is 83.8 Å². The van der Waals surface area contributed by atoms with Crippen LogP contribution in [0, 0.1) is 11.6 Å². The lowest BCUT2D eigenvalue weighted by Gasteiger charge is -2.33. The monoisotopic (exact) mass is 543 g/mol. The zero-order valence-corrected chi connectivity index (χ0v) is 22.3. The number of halogens is 2. The number of nitrogens with zero attached hydrogens (tertiary/aromatic N) is 2. The van der Waals surface area contributed by atoms with E-state index in [1.165, 1.54) is 71.6 Å². The van der Waals surface area contributed by atoms with Gasteiger partial charge in [-0.15, -0.1) is 0 Å². The number of anilines is 1. The first-order chi connectivity index (χ1) is 18.0. The van der Waals surface area contributed by atoms with Crippen LogP contribution in [0.25, 0.3) is 0 Å². The van der Waals surface area contributed by atoms with Crippen molar-refractivity contribution in [2.75, 3.05) is 10.8 Å². The highest BCUT2D eigenvalue weighted by Gasteiger charge is 2.34. The SMILES string of the molecule is CC[C@@H](C(=O)NC(C)C)N(Cc1ccc(F)cc1)C(=O)CN(c1ccccc1F)S(=O)(=O)c1ccccc1. The molecule has 0 aromatic heterocycles. The third kappa shape index (κ3) is 6.95. The third-order valence-electron chi connectivity index (χ3n) is 5.81. The number of carbonyl (C=O) groups is 2. The van der Waals surface area contributed by atoms with Crippen molar-refractivity contribution in [3.05, 3.63) is 96.1 Å². The molecule has 3 aromatic carbocycles. The molecule has 0 heterocycles. The molecule has 0 aliphatic rings. The van der Waals surface area contributed by atoms with Gasteiger partial charge < -0.3 is 10.2 Å². The van der Waals surface area contributed by atoms with E-state index in [2.05, 4.69) is 5.32 Å². The first-order valence-corrected chi connectivity index (χ1v) is 13.6. The van der Waals surface area contributed by atoms with Crippen molar-refractivity contribution >= 4 is 27.5 Å². The van der Waals surface area contributed by atoms with E-state index in [9.17, 15) is 26.8 Å². The molecule has 38 heavy (non-hydrogen) atoms. The second-order valence-electron chi connectivity index (χ2n) is 9.01. The van der Waals surface area contributed by atoms with Gasteiger partial charge in [0.1, 0.15) is 24.2 Å². The lowest BCUT2D eigenvalue weighted by atomic mass is 10.1. The fourth-order valence-corrected chi connectivity index (χ4v) is 5.42. The molecule has 7 nitrogen and oxygen atoms in total. The van der Waals surface area contributed by atoms with Gasteiger partial charge in [0.15, 0.2) is 0 Å². The van der Waals surface area contributed by atoms with Gasteiger partial charge >= 0.3 is 0 Å². The highest BCUT2D eigenvalue weighted by Crippen LogP contribution is 2.27. The zero-order valence-electron chi connectivity index (χ0n) is 21.5. The summed E-state index contributed by atoms with van der Waals surface area (Å²) < 4.78 is 56.4. The summed E-state index contributed by atoms with van der Waals surface area (Å²) in [4.78, 5) is 28.0. The standard InChI is InChI=1S/C28H31F2N3O4S/c1-4-25(28(35)31-20(2)3)32(18-21-14-16-22(29)17-15-21)27(34)19-33(26-13-9-8-12-24(26)30)38(36,37)23-10-6-5-7-11-23/h5-17,20,25H,4,18-19H2,1-3H3,(H,31,35)/t25-/m0/s1. The summed E-state index contributed by atoms with van der Waals surface area (Å²) >= 11 is 0. The van der Waals surface area contributed by atoms with E-state index in [-0.39, 0.29) is 29.6 Å². The van der Waals surface area contributed by atoms with E-state index in [1.54, 1.807) is 26.8 Å². The smallest absolute Gasteiger partial charge is 0.264 e. The van der Waals surface area contributed by atoms with Crippen molar-refractivity contribution in [2.24, 2.45) is 0 Å². The van der Waals surface area contributed by atoms with Gasteiger partial charge in [0.2, 0.25) is 11.8 Å². The summed E-state index contributed by atoms with van der Waals surface area (Å²) in [5.41, 5.74) is 0.241. The van der Waals surface area contributed by atoms with E-state index in [1.807, 2.05) is 0 Å². The van der Waals surface area contributed by atoms with Crippen LogP contribution < -0.4 is 9.62 Å². The molecule has 0 saturated heterocycles. The molecule has 0 saturated carbocycles. The summed E-state index contributed by atoms with van der Waals surface area (Å²) in [6, 6.07) is 17.0. The summed E-state index contributed by atoms with van der Waals surface area (Å²) in [6.45, 7) is 4.45. The van der Waals surface area contributed by atoms with Crippen LogP contribution in [0.1, 0.15) is 32.8 Å². The van der Waals surface area contributed by atoms with Crippen molar-refractivity contribution in [1.82, 2.24) is 10.2 Å². The number of rotatable bonds is 11. The van der Waals surface area contributed by atoms with Gasteiger partial charge in [0.25, 0.3) is 10.0 Å². The van der Waals surface area contributed by atoms with Crippen molar-refractivity contribution in [2.45, 2.75) is 50.7 Å². The molecule has 1 atom stereocenters. The largest absolute Gasteiger partial charge is 0.352 e. The molecular weight excluding hydrogens is 512 g/mol. The number of para-hydroxylation sites is 1. The van der Waals surface area contributed by atoms with Crippen molar-refractivity contribution in [3.8, 4) is 0 Å². The van der Waals surface area contributed by atoms with Crippen molar-refractivity contribution in [1.29, 1.82) is 0 Å². The van der Waals surface area contributed by atoms with Crippen LogP contribution in [-0.2, 0) is 26.2 Å². The third-order valence-corrected chi connectivity index (χ3v) is 7.59. The Bertz CT molecular complexity index is 1350. The number of amides is 2. The quantitative estimate of drug-likeness (QED) is 0.386. The normalized spacial score (nSPS) is 12.2. The van der Waals surface area contributed by atoms with Gasteiger partial charge in [-0.2, -0.15) is 0 Å². The minimum atomic E-state index is -4.36. The molecule has 0 spiro atoms. The lowest BCUT2D eigenvalue weighted by Crippen LogP contribution is -2.53. The summed E-state index contributed by atoms with van der Waals surface area (Å²) in [5, 5.41) is 2.79. The van der Waals surface area contributed by atoms with E-state index in [0.29, 0.717) is 9.87 Å². The Balaban J connectivity index is 2.06. The summed E-state index contributed by atoms with van der Waals surface area (Å²) in [7, 11) is -4.36. The average Bonchev–Trinajstić information content (AvgIpc) is 2.88. The number of nitrogens with one attached hydrogen (secondary N) is 1. The summed E-state index contributed by atoms with van der Waals surface area (Å²) in [6.07, 6.45) is 0.233. The van der Waals surface area contributed by atoms with Gasteiger partial charge in [-0.3, -0.25) is 13.9 Å². The second-order valence-corrected chi connectivity index (χ2v) is 10.9. The Labute approximate surface area is 222 Å². The Hall–Kier alpha value is -3.79. The molecule has 0 radical (unpaired) electrons. The maximum Gasteiger partial charge on any atom is 0.264 e. The Kier molecular flexibility index (Phi) is 9.57. The molecule has 0 fully saturated rings. The van der Waals surface area contributed by atoms with Gasteiger partial charge in [0.05, 0.1) is 10.6 Å². The molecule has 10 heteroatoms. The predicted octanol–water partition coefficient (Wildman–Crippen LogP) is 4.49. The molecular formula is C28H31F2N3O4S. The number of sulfonamides is 1. The molecule has 3 rings (SSSR count). The van der Waals surface area contributed by atoms with Crippen LogP contribution >= 0.6 is 0 Å². The van der Waals surface area contributed by atoms with Gasteiger partial charge in [-0.1, -0.05) is 49.4 Å². The van der Waals surface area contributed by atoms with E-state index in [0.717, 1.165) is 6.07 Å². The van der Waals surface area contributed by atoms with E-state index < -0.39 is 46.1 Å². The topological polar surface area (TPSA) is 86.8 Å². The Morgan fingerprint density at radius 2 is 1.50 bits per heavy atom. The zero-order chi connectivity index (χ0) is 27.9. The number of carbonyl (C=O) groups excluding carboxylic acids is 2. The average molecular weight is 544 g/mol. The molecule has 0 aliphatic carbocycles. The van der Waals surface area contributed by atoms with Gasteiger partial charge in [-0.05, 0) is 62.2 Å². The molecule has 1 N–H and O–H groups in total. The molecule has 202 valence electrons. The van der Waals surface area contributed by atoms with Crippen LogP contribution in [0.3, 0.4) is 0 Å². The molecule has 0 bridgehead atoms. The van der Waals surface area contributed by atoms with E-state index >= 15 is 0 Å². The second kappa shape index (κ2) is 12.6. The van der Waals surface area contributed by atoms with Crippen molar-refractivity contribution < 1.29 is 26.8 Å². The molecule has 2 amide bonds. The molecule has 3 aromatic rings. The first-order valence-electron chi connectivity index (χ1n) is 12.2. The fourth-order valence-electron chi connectivity index (χ4n) is 3.97. The molecule has 0 unspecified atom stereocenters. The van der Waals surface area contributed by atoms with Crippen LogP contribution in [0.4, 0.5) is 14.5 Å². The maximum absolute atomic E-state index is 14.9. The Morgan fingerprint density at radius 3 is 2.08 bits per heavy atom. The number of benzene rings is 3. The van der Waals surface area contributed by atoms with Gasteiger partial charge in [0, 0.05) is 12.6 Å². The van der Waals surface area contributed by atoms with Crippen LogP contribution in [-0.4, -0.2) is 43.8 Å². The number of hydrogen-bond donors (Lipinski definition) is 1. The maximum atomic E-state index is 14.9. The van der Waals surface area contributed by atoms with E-state index in [4.69, 9.17) is 0 Å². The Morgan fingerprint density at radius 1 is 0.895 bits per heavy atom. The number of hydrogen-bond acceptors (Lipinski definition) is 4. The minimum absolute atomic E-state index is 0.0837. The highest BCUT2D eigenvalue weighted by molar-refractivity contribution is 7.92. The van der Waals surface area contributed by atoms with Crippen molar-refractivity contribution in [3.63, 3.8) is 0 Å². The van der Waals surface area contributed by atoms with Crippen LogP contribution in [0.5, 0.6) is 0 Å². The lowest BCUT2D eigenvalue weighted by molar-refractivity contribution is -0.140. The molecule has 0 aliphatic heterocycles. The first kappa shape index (κ1) is 28.8.